The van der Waals surface area contributed by atoms with Crippen molar-refractivity contribution in [3.05, 3.63) is 47.5 Å². The Labute approximate surface area is 153 Å². The molecule has 0 radical (unpaired) electrons. The molecule has 1 fully saturated rings. The summed E-state index contributed by atoms with van der Waals surface area (Å²) in [6, 6.07) is 4.98. The molecule has 1 amide bonds. The van der Waals surface area contributed by atoms with Crippen LogP contribution < -0.4 is 10.6 Å². The minimum atomic E-state index is -4.86. The van der Waals surface area contributed by atoms with Gasteiger partial charge in [0.25, 0.3) is 5.91 Å². The van der Waals surface area contributed by atoms with Crippen LogP contribution in [0.25, 0.3) is 5.69 Å². The van der Waals surface area contributed by atoms with Gasteiger partial charge in [-0.3, -0.25) is 4.79 Å². The molecular formula is C18H20F4N4O. The van der Waals surface area contributed by atoms with Crippen molar-refractivity contribution in [3.8, 4) is 5.69 Å². The third-order valence-corrected chi connectivity index (χ3v) is 4.60. The molecule has 0 saturated carbocycles. The predicted molar refractivity (Wildman–Crippen MR) is 91.1 cm³/mol. The first kappa shape index (κ1) is 19.3. The number of alkyl halides is 3. The highest BCUT2D eigenvalue weighted by Gasteiger charge is 2.41. The third-order valence-electron chi connectivity index (χ3n) is 4.60. The Morgan fingerprint density at radius 3 is 2.78 bits per heavy atom. The van der Waals surface area contributed by atoms with E-state index in [0.717, 1.165) is 38.2 Å². The fraction of sp³-hybridized carbons (Fsp3) is 0.444. The molecule has 1 atom stereocenters. The number of piperidine rings is 1. The Hall–Kier alpha value is -2.42. The number of para-hydroxylation sites is 1. The smallest absolute Gasteiger partial charge is 0.352 e. The molecule has 0 bridgehead atoms. The summed E-state index contributed by atoms with van der Waals surface area (Å²) < 4.78 is 55.0. The fourth-order valence-electron chi connectivity index (χ4n) is 3.25. The second-order valence-electron chi connectivity index (χ2n) is 6.52. The summed E-state index contributed by atoms with van der Waals surface area (Å²) in [5.74, 6) is -1.33. The molecular weight excluding hydrogens is 364 g/mol. The van der Waals surface area contributed by atoms with Crippen LogP contribution in [0.5, 0.6) is 0 Å². The van der Waals surface area contributed by atoms with E-state index in [0.29, 0.717) is 17.0 Å². The zero-order valence-electron chi connectivity index (χ0n) is 14.5. The van der Waals surface area contributed by atoms with Crippen LogP contribution in [-0.4, -0.2) is 35.3 Å². The predicted octanol–water partition coefficient (Wildman–Crippen LogP) is 3.15. The average molecular weight is 384 g/mol. The molecule has 0 spiro atoms. The highest BCUT2D eigenvalue weighted by atomic mass is 19.4. The summed E-state index contributed by atoms with van der Waals surface area (Å²) in [5.41, 5.74) is -2.27. The quantitative estimate of drug-likeness (QED) is 0.779. The normalized spacial score (nSPS) is 17.7. The van der Waals surface area contributed by atoms with Crippen LogP contribution in [-0.2, 0) is 6.18 Å². The molecule has 9 heteroatoms. The monoisotopic (exact) mass is 384 g/mol. The molecule has 2 N–H and O–H groups in total. The number of rotatable bonds is 5. The molecule has 2 aromatic rings. The number of hydrogen-bond donors (Lipinski definition) is 2. The summed E-state index contributed by atoms with van der Waals surface area (Å²) in [6.07, 6.45) is -1.28. The van der Waals surface area contributed by atoms with Gasteiger partial charge in [-0.05, 0) is 50.4 Å². The SMILES string of the molecule is O=C(NCCC1CCCNC1)c1cnn(-c2ccccc2F)c1C(F)(F)F. The Bertz CT molecular complexity index is 797. The van der Waals surface area contributed by atoms with Crippen LogP contribution in [0.3, 0.4) is 0 Å². The lowest BCUT2D eigenvalue weighted by Gasteiger charge is -2.22. The number of carbonyl (C=O) groups excluding carboxylic acids is 1. The minimum Gasteiger partial charge on any atom is -0.352 e. The summed E-state index contributed by atoms with van der Waals surface area (Å²) in [5, 5.41) is 9.39. The van der Waals surface area contributed by atoms with Gasteiger partial charge < -0.3 is 10.6 Å². The maximum absolute atomic E-state index is 13.9. The Morgan fingerprint density at radius 2 is 2.11 bits per heavy atom. The van der Waals surface area contributed by atoms with Crippen molar-refractivity contribution in [3.63, 3.8) is 0 Å². The van der Waals surface area contributed by atoms with E-state index < -0.39 is 29.2 Å². The maximum Gasteiger partial charge on any atom is 0.434 e. The van der Waals surface area contributed by atoms with Crippen LogP contribution in [0.15, 0.2) is 30.5 Å². The van der Waals surface area contributed by atoms with Crippen LogP contribution in [0.2, 0.25) is 0 Å². The van der Waals surface area contributed by atoms with E-state index in [9.17, 15) is 22.4 Å². The molecule has 0 aliphatic carbocycles. The van der Waals surface area contributed by atoms with Gasteiger partial charge in [-0.2, -0.15) is 18.3 Å². The van der Waals surface area contributed by atoms with Crippen molar-refractivity contribution in [2.75, 3.05) is 19.6 Å². The Balaban J connectivity index is 1.78. The van der Waals surface area contributed by atoms with Crippen LogP contribution >= 0.6 is 0 Å². The number of benzene rings is 1. The van der Waals surface area contributed by atoms with Gasteiger partial charge in [-0.15, -0.1) is 0 Å². The third kappa shape index (κ3) is 4.47. The highest BCUT2D eigenvalue weighted by molar-refractivity contribution is 5.95. The first-order valence-corrected chi connectivity index (χ1v) is 8.77. The number of nitrogens with one attached hydrogen (secondary N) is 2. The number of carbonyl (C=O) groups is 1. The molecule has 1 aromatic carbocycles. The van der Waals surface area contributed by atoms with E-state index in [4.69, 9.17) is 0 Å². The first-order valence-electron chi connectivity index (χ1n) is 8.77. The van der Waals surface area contributed by atoms with E-state index in [1.54, 1.807) is 0 Å². The van der Waals surface area contributed by atoms with Crippen molar-refractivity contribution in [1.82, 2.24) is 20.4 Å². The van der Waals surface area contributed by atoms with Gasteiger partial charge in [0.05, 0.1) is 11.8 Å². The lowest BCUT2D eigenvalue weighted by Crippen LogP contribution is -2.33. The molecule has 27 heavy (non-hydrogen) atoms. The van der Waals surface area contributed by atoms with E-state index in [1.807, 2.05) is 0 Å². The number of amides is 1. The van der Waals surface area contributed by atoms with Gasteiger partial charge in [-0.1, -0.05) is 12.1 Å². The molecule has 3 rings (SSSR count). The van der Waals surface area contributed by atoms with Crippen LogP contribution in [0, 0.1) is 11.7 Å². The van der Waals surface area contributed by atoms with E-state index in [2.05, 4.69) is 15.7 Å². The zero-order valence-corrected chi connectivity index (χ0v) is 14.5. The maximum atomic E-state index is 13.9. The number of hydrogen-bond acceptors (Lipinski definition) is 3. The average Bonchev–Trinajstić information content (AvgIpc) is 3.08. The molecule has 1 unspecified atom stereocenters. The second kappa shape index (κ2) is 8.08. The summed E-state index contributed by atoms with van der Waals surface area (Å²) in [6.45, 7) is 2.08. The Kier molecular flexibility index (Phi) is 5.79. The summed E-state index contributed by atoms with van der Waals surface area (Å²) in [7, 11) is 0. The van der Waals surface area contributed by atoms with Crippen molar-refractivity contribution in [2.24, 2.45) is 5.92 Å². The molecule has 5 nitrogen and oxygen atoms in total. The summed E-state index contributed by atoms with van der Waals surface area (Å²) >= 11 is 0. The lowest BCUT2D eigenvalue weighted by atomic mass is 9.96. The molecule has 1 saturated heterocycles. The van der Waals surface area contributed by atoms with Crippen molar-refractivity contribution < 1.29 is 22.4 Å². The van der Waals surface area contributed by atoms with E-state index in [-0.39, 0.29) is 12.2 Å². The topological polar surface area (TPSA) is 59.0 Å². The highest BCUT2D eigenvalue weighted by Crippen LogP contribution is 2.34. The molecule has 146 valence electrons. The summed E-state index contributed by atoms with van der Waals surface area (Å²) in [4.78, 5) is 12.3. The number of nitrogens with zero attached hydrogens (tertiary/aromatic N) is 2. The van der Waals surface area contributed by atoms with E-state index in [1.165, 1.54) is 18.2 Å². The van der Waals surface area contributed by atoms with Gasteiger partial charge in [0, 0.05) is 6.54 Å². The largest absolute Gasteiger partial charge is 0.434 e. The van der Waals surface area contributed by atoms with Crippen molar-refractivity contribution in [2.45, 2.75) is 25.4 Å². The fourth-order valence-corrected chi connectivity index (χ4v) is 3.25. The molecule has 1 aliphatic heterocycles. The van der Waals surface area contributed by atoms with Crippen molar-refractivity contribution in [1.29, 1.82) is 0 Å². The van der Waals surface area contributed by atoms with Crippen molar-refractivity contribution >= 4 is 5.91 Å². The molecule has 1 aromatic heterocycles. The van der Waals surface area contributed by atoms with E-state index >= 15 is 0 Å². The number of aromatic nitrogens is 2. The van der Waals surface area contributed by atoms with Crippen LogP contribution in [0.4, 0.5) is 17.6 Å². The standard InChI is InChI=1S/C18H20F4N4O/c19-14-5-1-2-6-15(14)26-16(18(20,21)22)13(11-25-26)17(27)24-9-7-12-4-3-8-23-10-12/h1-2,5-6,11-12,23H,3-4,7-10H2,(H,24,27). The molecule has 1 aliphatic rings. The lowest BCUT2D eigenvalue weighted by molar-refractivity contribution is -0.143. The first-order chi connectivity index (χ1) is 12.9. The minimum absolute atomic E-state index is 0.271. The van der Waals surface area contributed by atoms with Gasteiger partial charge in [-0.25, -0.2) is 9.07 Å². The zero-order chi connectivity index (χ0) is 19.4. The van der Waals surface area contributed by atoms with Gasteiger partial charge in [0.2, 0.25) is 0 Å². The second-order valence-corrected chi connectivity index (χ2v) is 6.52. The van der Waals surface area contributed by atoms with Gasteiger partial charge >= 0.3 is 6.18 Å². The Morgan fingerprint density at radius 1 is 1.33 bits per heavy atom. The number of halogens is 4. The molecule has 2 heterocycles. The van der Waals surface area contributed by atoms with Crippen LogP contribution in [0.1, 0.15) is 35.3 Å². The van der Waals surface area contributed by atoms with Gasteiger partial charge in [0.15, 0.2) is 5.69 Å². The van der Waals surface area contributed by atoms with Gasteiger partial charge in [0.1, 0.15) is 11.5 Å².